The van der Waals surface area contributed by atoms with Crippen molar-refractivity contribution in [1.82, 2.24) is 4.98 Å². The Balaban J connectivity index is 2.33. The van der Waals surface area contributed by atoms with Crippen molar-refractivity contribution in [3.05, 3.63) is 52.2 Å². The number of thiazole rings is 1. The number of rotatable bonds is 5. The first-order chi connectivity index (χ1) is 8.70. The zero-order valence-corrected chi connectivity index (χ0v) is 10.5. The van der Waals surface area contributed by atoms with Crippen molar-refractivity contribution in [2.75, 3.05) is 13.2 Å². The summed E-state index contributed by atoms with van der Waals surface area (Å²) in [7, 11) is 0. The molecule has 2 rings (SSSR count). The highest BCUT2D eigenvalue weighted by Crippen LogP contribution is 2.28. The van der Waals surface area contributed by atoms with Gasteiger partial charge < -0.3 is 10.2 Å². The van der Waals surface area contributed by atoms with Crippen LogP contribution in [0.15, 0.2) is 35.2 Å². The van der Waals surface area contributed by atoms with E-state index in [1.165, 1.54) is 23.5 Å². The molecule has 0 saturated carbocycles. The molecule has 0 aliphatic carbocycles. The van der Waals surface area contributed by atoms with E-state index in [-0.39, 0.29) is 19.0 Å². The Hall–Kier alpha value is -1.30. The molecule has 1 heterocycles. The van der Waals surface area contributed by atoms with E-state index in [1.54, 1.807) is 17.6 Å². The van der Waals surface area contributed by atoms with Crippen molar-refractivity contribution >= 4 is 11.3 Å². The van der Waals surface area contributed by atoms with Crippen LogP contribution in [0.4, 0.5) is 4.39 Å². The van der Waals surface area contributed by atoms with Crippen molar-refractivity contribution < 1.29 is 14.6 Å². The van der Waals surface area contributed by atoms with E-state index in [1.807, 2.05) is 5.38 Å². The minimum absolute atomic E-state index is 0.216. The maximum atomic E-state index is 12.9. The molecule has 3 nitrogen and oxygen atoms in total. The molecule has 0 aliphatic rings. The molecule has 2 aromatic rings. The fourth-order valence-corrected chi connectivity index (χ4v) is 2.48. The summed E-state index contributed by atoms with van der Waals surface area (Å²) in [5.74, 6) is -0.336. The van der Waals surface area contributed by atoms with Gasteiger partial charge in [0.05, 0.1) is 24.4 Å². The smallest absolute Gasteiger partial charge is 0.123 e. The van der Waals surface area contributed by atoms with Crippen molar-refractivity contribution in [3.63, 3.8) is 0 Å². The Morgan fingerprint density at radius 1 is 1.17 bits per heavy atom. The summed E-state index contributed by atoms with van der Waals surface area (Å²) in [4.78, 5) is 4.16. The molecule has 1 aromatic carbocycles. The summed E-state index contributed by atoms with van der Waals surface area (Å²) in [6, 6.07) is 5.84. The van der Waals surface area contributed by atoms with Crippen LogP contribution in [0.5, 0.6) is 0 Å². The van der Waals surface area contributed by atoms with Crippen molar-refractivity contribution in [2.24, 2.45) is 0 Å². The minimum atomic E-state index is -0.818. The van der Waals surface area contributed by atoms with E-state index >= 15 is 0 Å². The summed E-state index contributed by atoms with van der Waals surface area (Å²) < 4.78 is 12.9. The second-order valence-electron chi connectivity index (χ2n) is 4.26. The standard InChI is InChI=1S/C13H14FNO2S/c14-11-3-1-10(2-4-11)13(7-16,8-17)5-12-6-18-9-15-12/h1-4,6,9,16-17H,5,7-8H2. The van der Waals surface area contributed by atoms with Gasteiger partial charge in [-0.1, -0.05) is 12.1 Å². The van der Waals surface area contributed by atoms with E-state index in [0.29, 0.717) is 12.0 Å². The van der Waals surface area contributed by atoms with Gasteiger partial charge >= 0.3 is 0 Å². The third-order valence-electron chi connectivity index (χ3n) is 3.06. The Kier molecular flexibility index (Phi) is 4.06. The maximum absolute atomic E-state index is 12.9. The minimum Gasteiger partial charge on any atom is -0.395 e. The van der Waals surface area contributed by atoms with E-state index in [0.717, 1.165) is 5.69 Å². The van der Waals surface area contributed by atoms with Crippen molar-refractivity contribution in [1.29, 1.82) is 0 Å². The number of aliphatic hydroxyl groups is 2. The van der Waals surface area contributed by atoms with Gasteiger partial charge in [0, 0.05) is 17.2 Å². The van der Waals surface area contributed by atoms with Crippen LogP contribution < -0.4 is 0 Å². The molecule has 18 heavy (non-hydrogen) atoms. The zero-order chi connectivity index (χ0) is 13.0. The fraction of sp³-hybridized carbons (Fsp3) is 0.308. The number of benzene rings is 1. The molecular formula is C13H14FNO2S. The topological polar surface area (TPSA) is 53.4 Å². The van der Waals surface area contributed by atoms with Crippen LogP contribution in [0.2, 0.25) is 0 Å². The third kappa shape index (κ3) is 2.58. The SMILES string of the molecule is OCC(CO)(Cc1cscn1)c1ccc(F)cc1. The molecule has 0 radical (unpaired) electrons. The molecule has 5 heteroatoms. The van der Waals surface area contributed by atoms with E-state index < -0.39 is 5.41 Å². The first-order valence-corrected chi connectivity index (χ1v) is 6.49. The lowest BCUT2D eigenvalue weighted by Crippen LogP contribution is -2.37. The van der Waals surface area contributed by atoms with Crippen molar-refractivity contribution in [2.45, 2.75) is 11.8 Å². The normalized spacial score (nSPS) is 11.7. The van der Waals surface area contributed by atoms with Gasteiger partial charge in [0.25, 0.3) is 0 Å². The Morgan fingerprint density at radius 2 is 1.83 bits per heavy atom. The first kappa shape index (κ1) is 13.1. The molecular weight excluding hydrogens is 253 g/mol. The molecule has 0 spiro atoms. The highest BCUT2D eigenvalue weighted by Gasteiger charge is 2.32. The van der Waals surface area contributed by atoms with Gasteiger partial charge in [-0.2, -0.15) is 0 Å². The maximum Gasteiger partial charge on any atom is 0.123 e. The van der Waals surface area contributed by atoms with Crippen LogP contribution in [0.1, 0.15) is 11.3 Å². The predicted molar refractivity (Wildman–Crippen MR) is 68.1 cm³/mol. The van der Waals surface area contributed by atoms with Gasteiger partial charge in [0.2, 0.25) is 0 Å². The summed E-state index contributed by atoms with van der Waals surface area (Å²) in [6.07, 6.45) is 0.426. The van der Waals surface area contributed by atoms with Crippen LogP contribution in [0, 0.1) is 5.82 Å². The Morgan fingerprint density at radius 3 is 2.33 bits per heavy atom. The number of aliphatic hydroxyl groups excluding tert-OH is 2. The highest BCUT2D eigenvalue weighted by molar-refractivity contribution is 7.07. The Labute approximate surface area is 109 Å². The molecule has 0 aliphatic heterocycles. The monoisotopic (exact) mass is 267 g/mol. The Bertz CT molecular complexity index is 480. The second-order valence-corrected chi connectivity index (χ2v) is 4.98. The average Bonchev–Trinajstić information content (AvgIpc) is 2.90. The van der Waals surface area contributed by atoms with Gasteiger partial charge in [0.15, 0.2) is 0 Å². The van der Waals surface area contributed by atoms with Gasteiger partial charge in [-0.25, -0.2) is 9.37 Å². The lowest BCUT2D eigenvalue weighted by Gasteiger charge is -2.29. The summed E-state index contributed by atoms with van der Waals surface area (Å²) >= 11 is 1.46. The molecule has 0 atom stereocenters. The largest absolute Gasteiger partial charge is 0.395 e. The number of nitrogens with zero attached hydrogens (tertiary/aromatic N) is 1. The summed E-state index contributed by atoms with van der Waals surface area (Å²) in [5, 5.41) is 21.1. The molecule has 0 saturated heterocycles. The number of aromatic nitrogens is 1. The van der Waals surface area contributed by atoms with Crippen molar-refractivity contribution in [3.8, 4) is 0 Å². The van der Waals surface area contributed by atoms with Gasteiger partial charge in [-0.05, 0) is 17.7 Å². The molecule has 0 amide bonds. The lowest BCUT2D eigenvalue weighted by atomic mass is 9.78. The number of halogens is 1. The van der Waals surface area contributed by atoms with E-state index in [2.05, 4.69) is 4.98 Å². The van der Waals surface area contributed by atoms with Gasteiger partial charge in [-0.3, -0.25) is 0 Å². The van der Waals surface area contributed by atoms with Crippen LogP contribution in [-0.2, 0) is 11.8 Å². The van der Waals surface area contributed by atoms with Crippen LogP contribution in [0.3, 0.4) is 0 Å². The molecule has 0 bridgehead atoms. The van der Waals surface area contributed by atoms with Crippen LogP contribution in [0.25, 0.3) is 0 Å². The molecule has 1 aromatic heterocycles. The van der Waals surface area contributed by atoms with E-state index in [9.17, 15) is 14.6 Å². The number of hydrogen-bond acceptors (Lipinski definition) is 4. The third-order valence-corrected chi connectivity index (χ3v) is 3.70. The lowest BCUT2D eigenvalue weighted by molar-refractivity contribution is 0.115. The molecule has 2 N–H and O–H groups in total. The summed E-state index contributed by atoms with van der Waals surface area (Å²) in [6.45, 7) is -0.431. The quantitative estimate of drug-likeness (QED) is 0.867. The zero-order valence-electron chi connectivity index (χ0n) is 9.71. The van der Waals surface area contributed by atoms with Gasteiger partial charge in [0.1, 0.15) is 5.82 Å². The van der Waals surface area contributed by atoms with E-state index in [4.69, 9.17) is 0 Å². The molecule has 0 fully saturated rings. The molecule has 96 valence electrons. The fourth-order valence-electron chi connectivity index (χ4n) is 1.92. The number of hydrogen-bond donors (Lipinski definition) is 2. The molecule has 0 unspecified atom stereocenters. The van der Waals surface area contributed by atoms with Gasteiger partial charge in [-0.15, -0.1) is 11.3 Å². The van der Waals surface area contributed by atoms with Crippen LogP contribution >= 0.6 is 11.3 Å². The average molecular weight is 267 g/mol. The summed E-state index contributed by atoms with van der Waals surface area (Å²) in [5.41, 5.74) is 2.41. The highest BCUT2D eigenvalue weighted by atomic mass is 32.1. The predicted octanol–water partition coefficient (Wildman–Crippen LogP) is 1.75. The first-order valence-electron chi connectivity index (χ1n) is 5.55. The van der Waals surface area contributed by atoms with Crippen LogP contribution in [-0.4, -0.2) is 28.4 Å². The second kappa shape index (κ2) is 5.56.